The zero-order chi connectivity index (χ0) is 23.0. The third-order valence-electron chi connectivity index (χ3n) is 5.14. The monoisotopic (exact) mass is 488 g/mol. The van der Waals surface area contributed by atoms with Gasteiger partial charge in [0.2, 0.25) is 0 Å². The highest BCUT2D eigenvalue weighted by Crippen LogP contribution is 2.37. The second-order valence-electron chi connectivity index (χ2n) is 7.74. The van der Waals surface area contributed by atoms with E-state index in [1.807, 2.05) is 56.3 Å². The van der Waals surface area contributed by atoms with Crippen molar-refractivity contribution >= 4 is 55.8 Å². The second-order valence-corrected chi connectivity index (χ2v) is 9.53. The molecule has 2 heterocycles. The van der Waals surface area contributed by atoms with Crippen LogP contribution >= 0.6 is 34.5 Å². The quantitative estimate of drug-likeness (QED) is 0.328. The molecule has 0 bridgehead atoms. The number of carbonyl (C=O) groups is 1. The smallest absolute Gasteiger partial charge is 0.266 e. The molecule has 0 N–H and O–H groups in total. The van der Waals surface area contributed by atoms with E-state index in [-0.39, 0.29) is 5.91 Å². The van der Waals surface area contributed by atoms with Crippen molar-refractivity contribution in [1.82, 2.24) is 15.0 Å². The number of hydrogen-bond acceptors (Lipinski definition) is 6. The van der Waals surface area contributed by atoms with Crippen LogP contribution in [0.1, 0.15) is 21.7 Å². The van der Waals surface area contributed by atoms with Gasteiger partial charge in [0.15, 0.2) is 5.13 Å². The Labute approximate surface area is 200 Å². The molecule has 0 fully saturated rings. The van der Waals surface area contributed by atoms with E-state index in [0.29, 0.717) is 50.8 Å². The van der Waals surface area contributed by atoms with E-state index in [1.165, 1.54) is 11.3 Å². The number of hydrogen-bond donors (Lipinski definition) is 0. The lowest BCUT2D eigenvalue weighted by atomic mass is 10.1. The Morgan fingerprint density at radius 3 is 2.50 bits per heavy atom. The van der Waals surface area contributed by atoms with Gasteiger partial charge in [0.1, 0.15) is 17.0 Å². The number of fused-ring (bicyclic) bond motifs is 1. The van der Waals surface area contributed by atoms with Gasteiger partial charge in [-0.15, -0.1) is 0 Å². The molecule has 0 unspecified atom stereocenters. The van der Waals surface area contributed by atoms with Crippen molar-refractivity contribution in [1.29, 1.82) is 0 Å². The van der Waals surface area contributed by atoms with Gasteiger partial charge in [-0.2, -0.15) is 0 Å². The molecule has 0 aliphatic heterocycles. The van der Waals surface area contributed by atoms with Gasteiger partial charge in [-0.25, -0.2) is 4.98 Å². The van der Waals surface area contributed by atoms with Crippen LogP contribution < -0.4 is 4.90 Å². The Hall–Kier alpha value is -2.45. The first-order chi connectivity index (χ1) is 15.3. The predicted octanol–water partition coefficient (Wildman–Crippen LogP) is 6.08. The summed E-state index contributed by atoms with van der Waals surface area (Å²) in [6, 6.07) is 11.0. The maximum Gasteiger partial charge on any atom is 0.266 e. The number of benzene rings is 2. The standard InChI is InChI=1S/C23H22Cl2N4O2S/c1-13-9-10-17(25)21-19(13)26-23(32-21)29(12-11-28(3)4)22(30)18-14(2)31-27-20(18)15-7-5-6-8-16(15)24/h5-10H,11-12H2,1-4H3. The molecule has 0 atom stereocenters. The number of nitrogens with zero attached hydrogens (tertiary/aromatic N) is 4. The number of amides is 1. The van der Waals surface area contributed by atoms with Crippen LogP contribution in [-0.4, -0.2) is 48.1 Å². The SMILES string of the molecule is Cc1onc(-c2ccccc2Cl)c1C(=O)N(CCN(C)C)c1nc2c(C)ccc(Cl)c2s1. The maximum absolute atomic E-state index is 13.9. The maximum atomic E-state index is 13.9. The van der Waals surface area contributed by atoms with Gasteiger partial charge in [-0.05, 0) is 45.6 Å². The van der Waals surface area contributed by atoms with Gasteiger partial charge in [-0.1, -0.05) is 64.0 Å². The molecule has 0 saturated carbocycles. The van der Waals surface area contributed by atoms with Crippen LogP contribution in [0, 0.1) is 13.8 Å². The van der Waals surface area contributed by atoms with Crippen molar-refractivity contribution in [2.45, 2.75) is 13.8 Å². The summed E-state index contributed by atoms with van der Waals surface area (Å²) in [6.45, 7) is 4.80. The molecule has 0 spiro atoms. The first kappa shape index (κ1) is 22.7. The first-order valence-corrected chi connectivity index (χ1v) is 11.6. The Morgan fingerprint density at radius 1 is 1.06 bits per heavy atom. The Kier molecular flexibility index (Phi) is 6.53. The highest BCUT2D eigenvalue weighted by molar-refractivity contribution is 7.23. The van der Waals surface area contributed by atoms with E-state index in [0.717, 1.165) is 15.8 Å². The zero-order valence-corrected chi connectivity index (χ0v) is 20.5. The summed E-state index contributed by atoms with van der Waals surface area (Å²) >= 11 is 14.2. The lowest BCUT2D eigenvalue weighted by molar-refractivity contribution is 0.0984. The topological polar surface area (TPSA) is 62.5 Å². The van der Waals surface area contributed by atoms with Crippen molar-refractivity contribution in [3.05, 3.63) is 63.3 Å². The molecule has 0 aliphatic rings. The third kappa shape index (κ3) is 4.26. The number of halogens is 2. The van der Waals surface area contributed by atoms with E-state index in [9.17, 15) is 4.79 Å². The van der Waals surface area contributed by atoms with Crippen molar-refractivity contribution in [2.75, 3.05) is 32.1 Å². The summed E-state index contributed by atoms with van der Waals surface area (Å²) in [5.41, 5.74) is 3.24. The van der Waals surface area contributed by atoms with E-state index >= 15 is 0 Å². The summed E-state index contributed by atoms with van der Waals surface area (Å²) in [5, 5.41) is 5.85. The molecule has 32 heavy (non-hydrogen) atoms. The molecule has 2 aromatic heterocycles. The minimum absolute atomic E-state index is 0.242. The predicted molar refractivity (Wildman–Crippen MR) is 131 cm³/mol. The largest absolute Gasteiger partial charge is 0.360 e. The Balaban J connectivity index is 1.83. The molecule has 6 nitrogen and oxygen atoms in total. The summed E-state index contributed by atoms with van der Waals surface area (Å²) in [6.07, 6.45) is 0. The van der Waals surface area contributed by atoms with E-state index < -0.39 is 0 Å². The van der Waals surface area contributed by atoms with Crippen LogP contribution in [0.2, 0.25) is 10.0 Å². The molecular formula is C23H22Cl2N4O2S. The molecule has 2 aromatic carbocycles. The second kappa shape index (κ2) is 9.19. The molecule has 0 aliphatic carbocycles. The fraction of sp³-hybridized carbons (Fsp3) is 0.261. The number of thiazole rings is 1. The average Bonchev–Trinajstić information content (AvgIpc) is 3.36. The molecule has 4 aromatic rings. The number of rotatable bonds is 6. The lowest BCUT2D eigenvalue weighted by Gasteiger charge is -2.22. The molecule has 1 amide bonds. The third-order valence-corrected chi connectivity index (χ3v) is 7.01. The Morgan fingerprint density at radius 2 is 1.81 bits per heavy atom. The van der Waals surface area contributed by atoms with E-state index in [1.54, 1.807) is 17.9 Å². The normalized spacial score (nSPS) is 11.5. The number of aromatic nitrogens is 2. The van der Waals surface area contributed by atoms with Crippen LogP contribution in [0.5, 0.6) is 0 Å². The number of aryl methyl sites for hydroxylation is 2. The van der Waals surface area contributed by atoms with Gasteiger partial charge in [0.05, 0.1) is 20.3 Å². The summed E-state index contributed by atoms with van der Waals surface area (Å²) < 4.78 is 6.29. The highest BCUT2D eigenvalue weighted by Gasteiger charge is 2.30. The van der Waals surface area contributed by atoms with E-state index in [2.05, 4.69) is 5.16 Å². The van der Waals surface area contributed by atoms with Crippen LogP contribution in [0.4, 0.5) is 5.13 Å². The fourth-order valence-electron chi connectivity index (χ4n) is 3.39. The average molecular weight is 489 g/mol. The van der Waals surface area contributed by atoms with Crippen LogP contribution in [0.25, 0.3) is 21.5 Å². The van der Waals surface area contributed by atoms with Gasteiger partial charge >= 0.3 is 0 Å². The van der Waals surface area contributed by atoms with Gasteiger partial charge in [-0.3, -0.25) is 9.69 Å². The highest BCUT2D eigenvalue weighted by atomic mass is 35.5. The minimum atomic E-state index is -0.242. The van der Waals surface area contributed by atoms with Crippen molar-refractivity contribution < 1.29 is 9.32 Å². The molecular weight excluding hydrogens is 467 g/mol. The number of likely N-dealkylation sites (N-methyl/N-ethyl adjacent to an activating group) is 1. The van der Waals surface area contributed by atoms with Gasteiger partial charge < -0.3 is 9.42 Å². The summed E-state index contributed by atoms with van der Waals surface area (Å²) in [4.78, 5) is 22.3. The molecule has 166 valence electrons. The summed E-state index contributed by atoms with van der Waals surface area (Å²) in [5.74, 6) is 0.184. The molecule has 4 rings (SSSR count). The molecule has 9 heteroatoms. The van der Waals surface area contributed by atoms with Crippen LogP contribution in [0.3, 0.4) is 0 Å². The number of carbonyl (C=O) groups excluding carboxylic acids is 1. The van der Waals surface area contributed by atoms with Gasteiger partial charge in [0.25, 0.3) is 5.91 Å². The van der Waals surface area contributed by atoms with Crippen molar-refractivity contribution in [3.8, 4) is 11.3 Å². The van der Waals surface area contributed by atoms with Crippen molar-refractivity contribution in [2.24, 2.45) is 0 Å². The Bertz CT molecular complexity index is 1260. The molecule has 0 radical (unpaired) electrons. The first-order valence-electron chi connectivity index (χ1n) is 10.0. The van der Waals surface area contributed by atoms with Crippen LogP contribution in [-0.2, 0) is 0 Å². The molecule has 0 saturated heterocycles. The number of anilines is 1. The lowest BCUT2D eigenvalue weighted by Crippen LogP contribution is -2.37. The van der Waals surface area contributed by atoms with E-state index in [4.69, 9.17) is 32.7 Å². The fourth-order valence-corrected chi connectivity index (χ4v) is 4.95. The van der Waals surface area contributed by atoms with Crippen LogP contribution in [0.15, 0.2) is 40.9 Å². The minimum Gasteiger partial charge on any atom is -0.360 e. The zero-order valence-electron chi connectivity index (χ0n) is 18.1. The summed E-state index contributed by atoms with van der Waals surface area (Å²) in [7, 11) is 3.92. The van der Waals surface area contributed by atoms with Gasteiger partial charge in [0, 0.05) is 18.7 Å². The van der Waals surface area contributed by atoms with Crippen molar-refractivity contribution in [3.63, 3.8) is 0 Å².